The molecule has 1 saturated heterocycles. The molecule has 36 heavy (non-hydrogen) atoms. The number of benzene rings is 1. The lowest BCUT2D eigenvalue weighted by Crippen LogP contribution is -2.52. The van der Waals surface area contributed by atoms with E-state index in [1.165, 1.54) is 15.8 Å². The van der Waals surface area contributed by atoms with Gasteiger partial charge in [-0.15, -0.1) is 5.10 Å². The highest BCUT2D eigenvalue weighted by Crippen LogP contribution is 2.29. The molecule has 4 amide bonds. The Morgan fingerprint density at radius 3 is 2.94 bits per heavy atom. The number of nitrogens with zero attached hydrogens (tertiary/aromatic N) is 6. The summed E-state index contributed by atoms with van der Waals surface area (Å²) in [6.45, 7) is 1.92. The maximum absolute atomic E-state index is 12.9. The third-order valence-corrected chi connectivity index (χ3v) is 6.49. The lowest BCUT2D eigenvalue weighted by Gasteiger charge is -2.29. The van der Waals surface area contributed by atoms with E-state index in [9.17, 15) is 19.2 Å². The van der Waals surface area contributed by atoms with Gasteiger partial charge in [-0.1, -0.05) is 5.21 Å². The lowest BCUT2D eigenvalue weighted by molar-refractivity contribution is -0.136. The molecule has 3 aliphatic heterocycles. The highest BCUT2D eigenvalue weighted by molar-refractivity contribution is 6.05. The van der Waals surface area contributed by atoms with Crippen molar-refractivity contribution in [1.29, 1.82) is 0 Å². The monoisotopic (exact) mass is 490 g/mol. The molecule has 2 N–H and O–H groups in total. The summed E-state index contributed by atoms with van der Waals surface area (Å²) in [5, 5.41) is 17.5. The van der Waals surface area contributed by atoms with E-state index in [1.54, 1.807) is 28.9 Å². The Morgan fingerprint density at radius 1 is 1.22 bits per heavy atom. The second-order valence-corrected chi connectivity index (χ2v) is 8.87. The summed E-state index contributed by atoms with van der Waals surface area (Å²) in [6, 6.07) is 6.28. The minimum absolute atomic E-state index is 0.136. The molecule has 184 valence electrons. The normalized spacial score (nSPS) is 18.9. The predicted molar refractivity (Wildman–Crippen MR) is 121 cm³/mol. The van der Waals surface area contributed by atoms with Crippen molar-refractivity contribution < 1.29 is 23.9 Å². The van der Waals surface area contributed by atoms with Gasteiger partial charge in [0.05, 0.1) is 30.7 Å². The number of piperidine rings is 1. The van der Waals surface area contributed by atoms with Gasteiger partial charge in [-0.05, 0) is 30.2 Å². The van der Waals surface area contributed by atoms with E-state index in [4.69, 9.17) is 4.74 Å². The number of hydrogen-bond donors (Lipinski definition) is 2. The molecule has 0 saturated carbocycles. The van der Waals surface area contributed by atoms with E-state index >= 15 is 0 Å². The van der Waals surface area contributed by atoms with Crippen molar-refractivity contribution in [3.8, 4) is 11.6 Å². The van der Waals surface area contributed by atoms with Crippen LogP contribution in [0.15, 0.2) is 30.5 Å². The van der Waals surface area contributed by atoms with E-state index in [0.29, 0.717) is 35.9 Å². The minimum Gasteiger partial charge on any atom is -0.478 e. The molecule has 3 aliphatic rings. The molecule has 6 rings (SSSR count). The van der Waals surface area contributed by atoms with Crippen LogP contribution in [0.4, 0.5) is 0 Å². The number of rotatable bonds is 5. The van der Waals surface area contributed by atoms with Gasteiger partial charge in [0.15, 0.2) is 5.69 Å². The number of amides is 4. The smallest absolute Gasteiger partial charge is 0.273 e. The number of nitrogens with one attached hydrogen (secondary N) is 2. The fraction of sp³-hybridized carbons (Fsp3) is 0.348. The van der Waals surface area contributed by atoms with Gasteiger partial charge in [-0.25, -0.2) is 9.36 Å². The molecule has 0 aliphatic carbocycles. The molecule has 13 heteroatoms. The summed E-state index contributed by atoms with van der Waals surface area (Å²) in [6.07, 6.45) is 2.90. The first-order valence-corrected chi connectivity index (χ1v) is 11.6. The Hall–Kier alpha value is -4.55. The van der Waals surface area contributed by atoms with Crippen molar-refractivity contribution in [2.24, 2.45) is 0 Å². The molecule has 0 radical (unpaired) electrons. The zero-order valence-electron chi connectivity index (χ0n) is 19.1. The quantitative estimate of drug-likeness (QED) is 0.472. The number of carbonyl (C=O) groups is 4. The molecule has 3 aromatic rings. The number of carbonyl (C=O) groups excluding carboxylic acids is 4. The molecule has 0 spiro atoms. The zero-order chi connectivity index (χ0) is 24.8. The molecular formula is C23H22N8O5. The number of hydrogen-bond acceptors (Lipinski definition) is 8. The average Bonchev–Trinajstić information content (AvgIpc) is 3.60. The second-order valence-electron chi connectivity index (χ2n) is 8.87. The molecule has 1 aromatic carbocycles. The van der Waals surface area contributed by atoms with E-state index < -0.39 is 17.9 Å². The molecule has 1 fully saturated rings. The van der Waals surface area contributed by atoms with Crippen LogP contribution in [0, 0.1) is 0 Å². The maximum atomic E-state index is 12.9. The fourth-order valence-electron chi connectivity index (χ4n) is 4.66. The molecule has 13 nitrogen and oxygen atoms in total. The van der Waals surface area contributed by atoms with Crippen molar-refractivity contribution in [3.63, 3.8) is 0 Å². The van der Waals surface area contributed by atoms with Crippen molar-refractivity contribution >= 4 is 23.6 Å². The second kappa shape index (κ2) is 8.59. The van der Waals surface area contributed by atoms with Gasteiger partial charge in [0.2, 0.25) is 17.7 Å². The summed E-state index contributed by atoms with van der Waals surface area (Å²) < 4.78 is 8.78. The predicted octanol–water partition coefficient (Wildman–Crippen LogP) is -0.0627. The Kier molecular flexibility index (Phi) is 5.24. The summed E-state index contributed by atoms with van der Waals surface area (Å²) in [7, 11) is 0. The van der Waals surface area contributed by atoms with Gasteiger partial charge < -0.3 is 15.0 Å². The largest absolute Gasteiger partial charge is 0.478 e. The summed E-state index contributed by atoms with van der Waals surface area (Å²) in [5.74, 6) is -0.734. The summed E-state index contributed by atoms with van der Waals surface area (Å²) in [5.41, 5.74) is 2.67. The highest BCUT2D eigenvalue weighted by atomic mass is 16.5. The molecular weight excluding hydrogens is 468 g/mol. The van der Waals surface area contributed by atoms with Crippen LogP contribution >= 0.6 is 0 Å². The third kappa shape index (κ3) is 3.87. The number of ether oxygens (including phenoxy) is 1. The first kappa shape index (κ1) is 21.9. The fourth-order valence-corrected chi connectivity index (χ4v) is 4.66. The van der Waals surface area contributed by atoms with Crippen LogP contribution in [0.2, 0.25) is 0 Å². The van der Waals surface area contributed by atoms with E-state index in [0.717, 1.165) is 18.5 Å². The van der Waals surface area contributed by atoms with Crippen LogP contribution < -0.4 is 15.4 Å². The summed E-state index contributed by atoms with van der Waals surface area (Å²) in [4.78, 5) is 50.7. The Balaban J connectivity index is 1.13. The Morgan fingerprint density at radius 2 is 2.11 bits per heavy atom. The van der Waals surface area contributed by atoms with Crippen molar-refractivity contribution in [3.05, 3.63) is 53.0 Å². The molecule has 5 heterocycles. The molecule has 1 unspecified atom stereocenters. The number of aromatic nitrogens is 5. The van der Waals surface area contributed by atoms with Crippen molar-refractivity contribution in [2.75, 3.05) is 6.61 Å². The topological polar surface area (TPSA) is 153 Å². The van der Waals surface area contributed by atoms with Crippen LogP contribution in [0.3, 0.4) is 0 Å². The highest BCUT2D eigenvalue weighted by Gasteiger charge is 2.39. The van der Waals surface area contributed by atoms with Crippen LogP contribution in [-0.2, 0) is 29.2 Å². The first-order chi connectivity index (χ1) is 17.5. The number of fused-ring (bicyclic) bond motifs is 2. The van der Waals surface area contributed by atoms with E-state index in [1.807, 2.05) is 0 Å². The van der Waals surface area contributed by atoms with Crippen molar-refractivity contribution in [2.45, 2.75) is 44.9 Å². The van der Waals surface area contributed by atoms with Gasteiger partial charge in [0, 0.05) is 37.6 Å². The van der Waals surface area contributed by atoms with Gasteiger partial charge in [-0.2, -0.15) is 5.10 Å². The minimum atomic E-state index is -0.680. The standard InChI is InChI=1S/C23H22N8O5/c32-19-5-4-18(22(34)25-19)29-11-13-8-15(2-3-16(13)23(29)35)31-12-17(26-28-31)21(33)24-10-14-9-20-30(27-14)6-1-7-36-20/h2-3,8-9,12,18H,1,4-7,10-11H2,(H,24,33)(H,25,32,34). The molecule has 1 atom stereocenters. The van der Waals surface area contributed by atoms with E-state index in [2.05, 4.69) is 26.0 Å². The van der Waals surface area contributed by atoms with Crippen LogP contribution in [-0.4, -0.2) is 66.0 Å². The van der Waals surface area contributed by atoms with Gasteiger partial charge in [0.1, 0.15) is 6.04 Å². The van der Waals surface area contributed by atoms with Crippen molar-refractivity contribution in [1.82, 2.24) is 40.3 Å². The van der Waals surface area contributed by atoms with Crippen LogP contribution in [0.1, 0.15) is 51.4 Å². The third-order valence-electron chi connectivity index (χ3n) is 6.49. The number of imide groups is 1. The van der Waals surface area contributed by atoms with Crippen LogP contribution in [0.25, 0.3) is 5.69 Å². The Labute approximate surface area is 204 Å². The first-order valence-electron chi connectivity index (χ1n) is 11.6. The number of aryl methyl sites for hydroxylation is 1. The van der Waals surface area contributed by atoms with E-state index in [-0.39, 0.29) is 37.0 Å². The van der Waals surface area contributed by atoms with Gasteiger partial charge in [-0.3, -0.25) is 24.5 Å². The van der Waals surface area contributed by atoms with Gasteiger partial charge in [0.25, 0.3) is 11.8 Å². The molecule has 2 aromatic heterocycles. The SMILES string of the molecule is O=C1CCC(N2Cc3cc(-n4cc(C(=O)NCc5cc6n(n5)CCCO6)nn4)ccc3C2=O)C(=O)N1. The Bertz CT molecular complexity index is 1390. The van der Waals surface area contributed by atoms with Gasteiger partial charge >= 0.3 is 0 Å². The zero-order valence-corrected chi connectivity index (χ0v) is 19.1. The lowest BCUT2D eigenvalue weighted by atomic mass is 10.0. The maximum Gasteiger partial charge on any atom is 0.273 e. The molecule has 0 bridgehead atoms. The summed E-state index contributed by atoms with van der Waals surface area (Å²) >= 11 is 0. The van der Waals surface area contributed by atoms with Crippen LogP contribution in [0.5, 0.6) is 5.88 Å². The average molecular weight is 490 g/mol.